The topological polar surface area (TPSA) is 88.0 Å². The molecule has 1 N–H and O–H groups in total. The standard InChI is InChI=1S/C18H20N4O4S2/c1-2-26-14-5-3-13(4-6-14)19-18(27)21-11-9-20(10-12-21)17(23)15-7-8-16(28-15)22(24)25/h3-8H,2,9-12H2,1H3,(H,19,27). The van der Waals surface area contributed by atoms with Crippen molar-refractivity contribution in [3.63, 3.8) is 0 Å². The molecule has 1 aliphatic rings. The van der Waals surface area contributed by atoms with Gasteiger partial charge in [-0.15, -0.1) is 0 Å². The third-order valence-electron chi connectivity index (χ3n) is 4.25. The van der Waals surface area contributed by atoms with E-state index in [1.165, 1.54) is 12.1 Å². The van der Waals surface area contributed by atoms with Gasteiger partial charge in [-0.25, -0.2) is 0 Å². The number of benzene rings is 1. The highest BCUT2D eigenvalue weighted by Gasteiger charge is 2.25. The molecule has 1 fully saturated rings. The van der Waals surface area contributed by atoms with Gasteiger partial charge in [0.25, 0.3) is 5.91 Å². The van der Waals surface area contributed by atoms with E-state index >= 15 is 0 Å². The first-order chi connectivity index (χ1) is 13.5. The molecular weight excluding hydrogens is 400 g/mol. The fraction of sp³-hybridized carbons (Fsp3) is 0.333. The molecule has 2 aromatic rings. The fourth-order valence-corrected chi connectivity index (χ4v) is 3.90. The highest BCUT2D eigenvalue weighted by molar-refractivity contribution is 7.80. The van der Waals surface area contributed by atoms with Crippen molar-refractivity contribution in [3.8, 4) is 5.75 Å². The van der Waals surface area contributed by atoms with E-state index in [9.17, 15) is 14.9 Å². The van der Waals surface area contributed by atoms with Gasteiger partial charge in [0, 0.05) is 37.9 Å². The van der Waals surface area contributed by atoms with Crippen LogP contribution >= 0.6 is 23.6 Å². The predicted molar refractivity (Wildman–Crippen MR) is 112 cm³/mol. The minimum atomic E-state index is -0.482. The van der Waals surface area contributed by atoms with Gasteiger partial charge < -0.3 is 19.9 Å². The van der Waals surface area contributed by atoms with Crippen LogP contribution in [-0.4, -0.2) is 58.5 Å². The van der Waals surface area contributed by atoms with Gasteiger partial charge in [-0.05, 0) is 49.5 Å². The number of thiophene rings is 1. The van der Waals surface area contributed by atoms with E-state index in [1.54, 1.807) is 4.90 Å². The van der Waals surface area contributed by atoms with Gasteiger partial charge in [0.15, 0.2) is 5.11 Å². The SMILES string of the molecule is CCOc1ccc(NC(=S)N2CCN(C(=O)c3ccc([N+](=O)[O-])s3)CC2)cc1. The normalized spacial score (nSPS) is 13.9. The Kier molecular flexibility index (Phi) is 6.42. The molecule has 0 spiro atoms. The molecule has 0 saturated carbocycles. The predicted octanol–water partition coefficient (Wildman–Crippen LogP) is 3.21. The molecule has 148 valence electrons. The summed E-state index contributed by atoms with van der Waals surface area (Å²) < 4.78 is 5.42. The van der Waals surface area contributed by atoms with Crippen molar-refractivity contribution in [3.05, 3.63) is 51.4 Å². The lowest BCUT2D eigenvalue weighted by molar-refractivity contribution is -0.380. The highest BCUT2D eigenvalue weighted by Crippen LogP contribution is 2.25. The zero-order chi connectivity index (χ0) is 20.1. The van der Waals surface area contributed by atoms with Crippen molar-refractivity contribution in [1.82, 2.24) is 9.80 Å². The van der Waals surface area contributed by atoms with E-state index in [0.29, 0.717) is 42.8 Å². The van der Waals surface area contributed by atoms with Crippen LogP contribution in [-0.2, 0) is 0 Å². The Hall–Kier alpha value is -2.72. The molecular formula is C18H20N4O4S2. The molecule has 28 heavy (non-hydrogen) atoms. The molecule has 1 aromatic heterocycles. The number of nitro groups is 1. The first kappa shape index (κ1) is 20.0. The maximum Gasteiger partial charge on any atom is 0.324 e. The van der Waals surface area contributed by atoms with Gasteiger partial charge >= 0.3 is 5.00 Å². The zero-order valence-corrected chi connectivity index (χ0v) is 16.9. The lowest BCUT2D eigenvalue weighted by atomic mass is 10.3. The number of piperazine rings is 1. The molecule has 2 heterocycles. The molecule has 3 rings (SSSR count). The van der Waals surface area contributed by atoms with Crippen molar-refractivity contribution in [2.45, 2.75) is 6.92 Å². The number of nitrogens with one attached hydrogen (secondary N) is 1. The summed E-state index contributed by atoms with van der Waals surface area (Å²) in [5, 5.41) is 14.6. The van der Waals surface area contributed by atoms with Crippen LogP contribution in [0.5, 0.6) is 5.75 Å². The van der Waals surface area contributed by atoms with Gasteiger partial charge in [-0.3, -0.25) is 14.9 Å². The van der Waals surface area contributed by atoms with Gasteiger partial charge in [0.1, 0.15) is 5.75 Å². The molecule has 0 atom stereocenters. The van der Waals surface area contributed by atoms with E-state index in [2.05, 4.69) is 5.32 Å². The second-order valence-electron chi connectivity index (χ2n) is 6.06. The number of nitrogens with zero attached hydrogens (tertiary/aromatic N) is 3. The number of hydrogen-bond donors (Lipinski definition) is 1. The third-order valence-corrected chi connectivity index (χ3v) is 5.64. The number of carbonyl (C=O) groups is 1. The Balaban J connectivity index is 1.51. The van der Waals surface area contributed by atoms with E-state index in [-0.39, 0.29) is 10.9 Å². The van der Waals surface area contributed by atoms with E-state index in [1.807, 2.05) is 36.1 Å². The maximum absolute atomic E-state index is 12.5. The Morgan fingerprint density at radius 1 is 1.18 bits per heavy atom. The summed E-state index contributed by atoms with van der Waals surface area (Å²) in [7, 11) is 0. The van der Waals surface area contributed by atoms with Crippen LogP contribution in [0.4, 0.5) is 10.7 Å². The van der Waals surface area contributed by atoms with Crippen LogP contribution in [0.25, 0.3) is 0 Å². The summed E-state index contributed by atoms with van der Waals surface area (Å²) in [5.41, 5.74) is 0.873. The minimum absolute atomic E-state index is 0.0253. The molecule has 8 nitrogen and oxygen atoms in total. The van der Waals surface area contributed by atoms with Crippen LogP contribution in [0, 0.1) is 10.1 Å². The molecule has 0 unspecified atom stereocenters. The molecule has 1 aromatic carbocycles. The van der Waals surface area contributed by atoms with Crippen LogP contribution in [0.2, 0.25) is 0 Å². The molecule has 1 saturated heterocycles. The molecule has 0 radical (unpaired) electrons. The van der Waals surface area contributed by atoms with E-state index < -0.39 is 4.92 Å². The summed E-state index contributed by atoms with van der Waals surface area (Å²) in [6.45, 7) is 4.77. The Bertz CT molecular complexity index is 861. The molecule has 1 amide bonds. The van der Waals surface area contributed by atoms with E-state index in [0.717, 1.165) is 22.8 Å². The van der Waals surface area contributed by atoms with Gasteiger partial charge in [0.05, 0.1) is 16.4 Å². The average molecular weight is 421 g/mol. The number of ether oxygens (including phenoxy) is 1. The number of rotatable bonds is 5. The summed E-state index contributed by atoms with van der Waals surface area (Å²) in [5.74, 6) is 0.628. The summed E-state index contributed by atoms with van der Waals surface area (Å²) in [6.07, 6.45) is 0. The third kappa shape index (κ3) is 4.76. The smallest absolute Gasteiger partial charge is 0.324 e. The summed E-state index contributed by atoms with van der Waals surface area (Å²) in [4.78, 5) is 26.9. The first-order valence-corrected chi connectivity index (χ1v) is 10.0. The quantitative estimate of drug-likeness (QED) is 0.451. The van der Waals surface area contributed by atoms with Crippen molar-refractivity contribution >= 4 is 45.3 Å². The van der Waals surface area contributed by atoms with Crippen molar-refractivity contribution in [1.29, 1.82) is 0 Å². The molecule has 1 aliphatic heterocycles. The zero-order valence-electron chi connectivity index (χ0n) is 15.3. The van der Waals surface area contributed by atoms with Crippen LogP contribution in [0.1, 0.15) is 16.6 Å². The lowest BCUT2D eigenvalue weighted by Crippen LogP contribution is -2.51. The second kappa shape index (κ2) is 8.98. The minimum Gasteiger partial charge on any atom is -0.494 e. The van der Waals surface area contributed by atoms with Gasteiger partial charge in [-0.1, -0.05) is 11.3 Å². The monoisotopic (exact) mass is 420 g/mol. The number of hydrogen-bond acceptors (Lipinski definition) is 6. The number of amides is 1. The Morgan fingerprint density at radius 3 is 2.39 bits per heavy atom. The number of carbonyl (C=O) groups excluding carboxylic acids is 1. The highest BCUT2D eigenvalue weighted by atomic mass is 32.1. The van der Waals surface area contributed by atoms with E-state index in [4.69, 9.17) is 17.0 Å². The van der Waals surface area contributed by atoms with Crippen LogP contribution in [0.15, 0.2) is 36.4 Å². The maximum atomic E-state index is 12.5. The second-order valence-corrected chi connectivity index (χ2v) is 7.51. The lowest BCUT2D eigenvalue weighted by Gasteiger charge is -2.36. The number of anilines is 1. The first-order valence-electron chi connectivity index (χ1n) is 8.80. The van der Waals surface area contributed by atoms with Crippen LogP contribution < -0.4 is 10.1 Å². The Labute approximate surface area is 171 Å². The molecule has 0 aliphatic carbocycles. The van der Waals surface area contributed by atoms with Crippen LogP contribution in [0.3, 0.4) is 0 Å². The Morgan fingerprint density at radius 2 is 1.82 bits per heavy atom. The summed E-state index contributed by atoms with van der Waals surface area (Å²) >= 11 is 6.38. The molecule has 0 bridgehead atoms. The van der Waals surface area contributed by atoms with Crippen molar-refractivity contribution < 1.29 is 14.5 Å². The average Bonchev–Trinajstić information content (AvgIpc) is 3.20. The van der Waals surface area contributed by atoms with Gasteiger partial charge in [-0.2, -0.15) is 0 Å². The van der Waals surface area contributed by atoms with Gasteiger partial charge in [0.2, 0.25) is 0 Å². The van der Waals surface area contributed by atoms with Crippen molar-refractivity contribution in [2.75, 3.05) is 38.1 Å². The molecule has 10 heteroatoms. The summed E-state index contributed by atoms with van der Waals surface area (Å²) in [6, 6.07) is 10.4. The number of thiocarbonyl (C=S) groups is 1. The fourth-order valence-electron chi connectivity index (χ4n) is 2.81. The van der Waals surface area contributed by atoms with Crippen molar-refractivity contribution in [2.24, 2.45) is 0 Å². The largest absolute Gasteiger partial charge is 0.494 e.